The first kappa shape index (κ1) is 14.5. The topological polar surface area (TPSA) is 68.1 Å². The van der Waals surface area contributed by atoms with Crippen molar-refractivity contribution < 1.29 is 4.92 Å². The van der Waals surface area contributed by atoms with Crippen LogP contribution in [0.25, 0.3) is 0 Å². The Kier molecular flexibility index (Phi) is 4.04. The first-order chi connectivity index (χ1) is 9.38. The number of anilines is 1. The number of hydrogen-bond donors (Lipinski definition) is 1. The van der Waals surface area contributed by atoms with Gasteiger partial charge < -0.3 is 5.32 Å². The SMILES string of the molecule is CC(C)(C)c1ncc(CNc2ccccc2[N+](=O)[O-])s1. The summed E-state index contributed by atoms with van der Waals surface area (Å²) in [5.41, 5.74) is 0.651. The van der Waals surface area contributed by atoms with Crippen LogP contribution in [0.15, 0.2) is 30.5 Å². The van der Waals surface area contributed by atoms with Gasteiger partial charge in [0.2, 0.25) is 0 Å². The zero-order valence-corrected chi connectivity index (χ0v) is 12.5. The van der Waals surface area contributed by atoms with Gasteiger partial charge in [0.1, 0.15) is 5.69 Å². The molecule has 1 heterocycles. The zero-order valence-electron chi connectivity index (χ0n) is 11.7. The summed E-state index contributed by atoms with van der Waals surface area (Å²) < 4.78 is 0. The smallest absolute Gasteiger partial charge is 0.292 e. The van der Waals surface area contributed by atoms with E-state index in [-0.39, 0.29) is 16.0 Å². The number of nitrogens with zero attached hydrogens (tertiary/aromatic N) is 2. The Balaban J connectivity index is 2.10. The van der Waals surface area contributed by atoms with E-state index < -0.39 is 0 Å². The Morgan fingerprint density at radius 3 is 2.65 bits per heavy atom. The lowest BCUT2D eigenvalue weighted by molar-refractivity contribution is -0.384. The number of nitro groups is 1. The van der Waals surface area contributed by atoms with E-state index in [4.69, 9.17) is 0 Å². The first-order valence-electron chi connectivity index (χ1n) is 6.30. The molecule has 0 saturated heterocycles. The molecule has 0 spiro atoms. The summed E-state index contributed by atoms with van der Waals surface area (Å²) in [5, 5.41) is 15.1. The summed E-state index contributed by atoms with van der Waals surface area (Å²) in [4.78, 5) is 16.0. The summed E-state index contributed by atoms with van der Waals surface area (Å²) in [6.07, 6.45) is 1.83. The van der Waals surface area contributed by atoms with Crippen molar-refractivity contribution in [2.45, 2.75) is 32.7 Å². The number of para-hydroxylation sites is 2. The lowest BCUT2D eigenvalue weighted by Crippen LogP contribution is -2.09. The molecule has 0 amide bonds. The first-order valence-corrected chi connectivity index (χ1v) is 7.12. The molecular formula is C14H17N3O2S. The molecule has 0 aliphatic carbocycles. The van der Waals surface area contributed by atoms with Gasteiger partial charge in [-0.3, -0.25) is 10.1 Å². The fourth-order valence-electron chi connectivity index (χ4n) is 1.70. The number of hydrogen-bond acceptors (Lipinski definition) is 5. The molecule has 106 valence electrons. The predicted octanol–water partition coefficient (Wildman–Crippen LogP) is 3.96. The van der Waals surface area contributed by atoms with Gasteiger partial charge in [-0.15, -0.1) is 11.3 Å². The van der Waals surface area contributed by atoms with Crippen molar-refractivity contribution in [3.05, 3.63) is 50.5 Å². The molecule has 2 aromatic rings. The summed E-state index contributed by atoms with van der Waals surface area (Å²) in [6.45, 7) is 6.89. The normalized spacial score (nSPS) is 11.3. The van der Waals surface area contributed by atoms with Crippen molar-refractivity contribution in [3.8, 4) is 0 Å². The van der Waals surface area contributed by atoms with Crippen LogP contribution in [-0.4, -0.2) is 9.91 Å². The van der Waals surface area contributed by atoms with Crippen LogP contribution in [0.1, 0.15) is 30.7 Å². The van der Waals surface area contributed by atoms with Crippen LogP contribution in [0.3, 0.4) is 0 Å². The van der Waals surface area contributed by atoms with Crippen molar-refractivity contribution in [1.29, 1.82) is 0 Å². The van der Waals surface area contributed by atoms with Crippen LogP contribution in [-0.2, 0) is 12.0 Å². The fourth-order valence-corrected chi connectivity index (χ4v) is 2.61. The van der Waals surface area contributed by atoms with Gasteiger partial charge in [-0.1, -0.05) is 32.9 Å². The van der Waals surface area contributed by atoms with Crippen LogP contribution in [0.2, 0.25) is 0 Å². The van der Waals surface area contributed by atoms with Crippen molar-refractivity contribution in [2.75, 3.05) is 5.32 Å². The highest BCUT2D eigenvalue weighted by Crippen LogP contribution is 2.28. The minimum Gasteiger partial charge on any atom is -0.375 e. The lowest BCUT2D eigenvalue weighted by atomic mass is 9.98. The van der Waals surface area contributed by atoms with Gasteiger partial charge in [0.25, 0.3) is 5.69 Å². The molecule has 1 aromatic carbocycles. The molecule has 0 unspecified atom stereocenters. The van der Waals surface area contributed by atoms with E-state index in [2.05, 4.69) is 31.1 Å². The van der Waals surface area contributed by atoms with Crippen LogP contribution in [0.5, 0.6) is 0 Å². The van der Waals surface area contributed by atoms with Gasteiger partial charge in [-0.05, 0) is 6.07 Å². The van der Waals surface area contributed by atoms with Crippen LogP contribution >= 0.6 is 11.3 Å². The molecule has 20 heavy (non-hydrogen) atoms. The zero-order chi connectivity index (χ0) is 14.8. The summed E-state index contributed by atoms with van der Waals surface area (Å²) in [5.74, 6) is 0. The van der Waals surface area contributed by atoms with E-state index in [1.54, 1.807) is 29.5 Å². The molecule has 0 aliphatic rings. The maximum atomic E-state index is 10.9. The predicted molar refractivity (Wildman–Crippen MR) is 81.2 cm³/mol. The van der Waals surface area contributed by atoms with Gasteiger partial charge in [-0.25, -0.2) is 4.98 Å². The van der Waals surface area contributed by atoms with Gasteiger partial charge >= 0.3 is 0 Å². The van der Waals surface area contributed by atoms with Crippen molar-refractivity contribution in [3.63, 3.8) is 0 Å². The lowest BCUT2D eigenvalue weighted by Gasteiger charge is -2.13. The molecule has 0 radical (unpaired) electrons. The second kappa shape index (κ2) is 5.58. The summed E-state index contributed by atoms with van der Waals surface area (Å²) in [6, 6.07) is 6.65. The highest BCUT2D eigenvalue weighted by molar-refractivity contribution is 7.11. The maximum absolute atomic E-state index is 10.9. The summed E-state index contributed by atoms with van der Waals surface area (Å²) >= 11 is 1.63. The number of nitrogens with one attached hydrogen (secondary N) is 1. The third kappa shape index (κ3) is 3.33. The number of thiazole rings is 1. The largest absolute Gasteiger partial charge is 0.375 e. The van der Waals surface area contributed by atoms with E-state index in [0.717, 1.165) is 9.88 Å². The van der Waals surface area contributed by atoms with E-state index in [0.29, 0.717) is 12.2 Å². The van der Waals surface area contributed by atoms with E-state index in [9.17, 15) is 10.1 Å². The second-order valence-corrected chi connectivity index (χ2v) is 6.62. The third-order valence-corrected chi connectivity index (χ3v) is 4.17. The van der Waals surface area contributed by atoms with Crippen LogP contribution in [0, 0.1) is 10.1 Å². The van der Waals surface area contributed by atoms with Crippen molar-refractivity contribution >= 4 is 22.7 Å². The van der Waals surface area contributed by atoms with Gasteiger partial charge in [0, 0.05) is 22.6 Å². The number of benzene rings is 1. The molecule has 1 aromatic heterocycles. The van der Waals surface area contributed by atoms with Crippen LogP contribution < -0.4 is 5.32 Å². The Hall–Kier alpha value is -1.95. The van der Waals surface area contributed by atoms with Gasteiger partial charge in [0.15, 0.2) is 0 Å². The molecular weight excluding hydrogens is 274 g/mol. The molecule has 0 atom stereocenters. The van der Waals surface area contributed by atoms with Gasteiger partial charge in [-0.2, -0.15) is 0 Å². The van der Waals surface area contributed by atoms with E-state index in [1.807, 2.05) is 6.20 Å². The van der Waals surface area contributed by atoms with E-state index in [1.165, 1.54) is 6.07 Å². The standard InChI is InChI=1S/C14H17N3O2S/c1-14(2,3)13-16-9-10(20-13)8-15-11-6-4-5-7-12(11)17(18)19/h4-7,9,15H,8H2,1-3H3. The number of aromatic nitrogens is 1. The van der Waals surface area contributed by atoms with Crippen LogP contribution in [0.4, 0.5) is 11.4 Å². The Labute approximate surface area is 121 Å². The Morgan fingerprint density at radius 2 is 2.05 bits per heavy atom. The van der Waals surface area contributed by atoms with Crippen molar-refractivity contribution in [1.82, 2.24) is 4.98 Å². The minimum atomic E-state index is -0.379. The minimum absolute atomic E-state index is 0.0294. The molecule has 6 heteroatoms. The monoisotopic (exact) mass is 291 g/mol. The van der Waals surface area contributed by atoms with Crippen molar-refractivity contribution in [2.24, 2.45) is 0 Å². The highest BCUT2D eigenvalue weighted by atomic mass is 32.1. The molecule has 0 fully saturated rings. The molecule has 0 saturated carbocycles. The number of rotatable bonds is 4. The quantitative estimate of drug-likeness (QED) is 0.684. The molecule has 0 aliphatic heterocycles. The highest BCUT2D eigenvalue weighted by Gasteiger charge is 2.18. The second-order valence-electron chi connectivity index (χ2n) is 5.51. The average molecular weight is 291 g/mol. The average Bonchev–Trinajstić information content (AvgIpc) is 2.85. The number of nitro benzene ring substituents is 1. The van der Waals surface area contributed by atoms with E-state index >= 15 is 0 Å². The summed E-state index contributed by atoms with van der Waals surface area (Å²) in [7, 11) is 0. The molecule has 1 N–H and O–H groups in total. The Bertz CT molecular complexity index is 617. The molecule has 5 nitrogen and oxygen atoms in total. The Morgan fingerprint density at radius 1 is 1.35 bits per heavy atom. The molecule has 0 bridgehead atoms. The fraction of sp³-hybridized carbons (Fsp3) is 0.357. The maximum Gasteiger partial charge on any atom is 0.292 e. The van der Waals surface area contributed by atoms with Gasteiger partial charge in [0.05, 0.1) is 16.5 Å². The molecule has 2 rings (SSSR count). The third-order valence-electron chi connectivity index (χ3n) is 2.75.